The lowest BCUT2D eigenvalue weighted by Gasteiger charge is -2.22. The zero-order valence-corrected chi connectivity index (χ0v) is 8.98. The third-order valence-electron chi connectivity index (χ3n) is 1.53. The molecule has 1 unspecified atom stereocenters. The van der Waals surface area contributed by atoms with Crippen molar-refractivity contribution in [1.82, 2.24) is 4.90 Å². The molecule has 2 nitrogen and oxygen atoms in total. The van der Waals surface area contributed by atoms with E-state index in [-0.39, 0.29) is 0 Å². The van der Waals surface area contributed by atoms with Crippen LogP contribution in [0.1, 0.15) is 20.3 Å². The van der Waals surface area contributed by atoms with E-state index in [2.05, 4.69) is 0 Å². The Morgan fingerprint density at radius 3 is 2.42 bits per heavy atom. The first kappa shape index (κ1) is 11.6. The van der Waals surface area contributed by atoms with Crippen LogP contribution in [-0.4, -0.2) is 34.7 Å². The van der Waals surface area contributed by atoms with E-state index in [1.807, 2.05) is 32.0 Å². The van der Waals surface area contributed by atoms with Gasteiger partial charge in [0.05, 0.1) is 10.6 Å². The van der Waals surface area contributed by atoms with E-state index in [9.17, 15) is 5.11 Å². The molecular weight excluding hydrogens is 170 g/mol. The third kappa shape index (κ3) is 4.46. The summed E-state index contributed by atoms with van der Waals surface area (Å²) in [6.07, 6.45) is 4.08. The molecule has 1 atom stereocenters. The second-order valence-corrected chi connectivity index (χ2v) is 3.79. The Kier molecular flexibility index (Phi) is 4.42. The molecule has 3 heteroatoms. The van der Waals surface area contributed by atoms with Crippen LogP contribution in [0.2, 0.25) is 0 Å². The van der Waals surface area contributed by atoms with Crippen molar-refractivity contribution in [3.05, 3.63) is 12.2 Å². The zero-order valence-electron chi connectivity index (χ0n) is 8.16. The highest BCUT2D eigenvalue weighted by molar-refractivity contribution is 7.80. The molecule has 0 amide bonds. The van der Waals surface area contributed by atoms with Gasteiger partial charge in [0.25, 0.3) is 0 Å². The van der Waals surface area contributed by atoms with Crippen LogP contribution in [0.15, 0.2) is 12.2 Å². The second kappa shape index (κ2) is 4.58. The molecule has 0 spiro atoms. The van der Waals surface area contributed by atoms with Gasteiger partial charge in [0, 0.05) is 20.5 Å². The van der Waals surface area contributed by atoms with E-state index >= 15 is 0 Å². The Bertz CT molecular complexity index is 185. The Morgan fingerprint density at radius 1 is 1.58 bits per heavy atom. The van der Waals surface area contributed by atoms with Crippen molar-refractivity contribution in [1.29, 1.82) is 0 Å². The summed E-state index contributed by atoms with van der Waals surface area (Å²) < 4.78 is 0. The summed E-state index contributed by atoms with van der Waals surface area (Å²) in [4.78, 5) is 2.60. The van der Waals surface area contributed by atoms with E-state index < -0.39 is 5.60 Å². The van der Waals surface area contributed by atoms with Crippen LogP contribution >= 0.6 is 12.2 Å². The maximum atomic E-state index is 9.73. The Labute approximate surface area is 79.9 Å². The molecule has 1 N–H and O–H groups in total. The van der Waals surface area contributed by atoms with Gasteiger partial charge < -0.3 is 10.0 Å². The van der Waals surface area contributed by atoms with Crippen LogP contribution in [0.4, 0.5) is 0 Å². The van der Waals surface area contributed by atoms with Crippen molar-refractivity contribution in [3.8, 4) is 0 Å². The minimum atomic E-state index is -0.809. The average Bonchev–Trinajstić information content (AvgIpc) is 1.85. The molecule has 70 valence electrons. The number of allylic oxidation sites excluding steroid dienone is 1. The molecule has 0 aromatic carbocycles. The van der Waals surface area contributed by atoms with Gasteiger partial charge in [0.1, 0.15) is 0 Å². The van der Waals surface area contributed by atoms with Crippen LogP contribution in [0, 0.1) is 0 Å². The summed E-state index contributed by atoms with van der Waals surface area (Å²) in [6.45, 7) is 3.63. The lowest BCUT2D eigenvalue weighted by Crippen LogP contribution is -2.31. The van der Waals surface area contributed by atoms with Crippen molar-refractivity contribution in [2.45, 2.75) is 25.9 Å². The predicted molar refractivity (Wildman–Crippen MR) is 56.3 cm³/mol. The van der Waals surface area contributed by atoms with E-state index in [4.69, 9.17) is 12.2 Å². The lowest BCUT2D eigenvalue weighted by molar-refractivity contribution is 0.118. The maximum absolute atomic E-state index is 9.73. The summed E-state index contributed by atoms with van der Waals surface area (Å²) in [5.74, 6) is 0. The Hall–Kier alpha value is -0.410. The van der Waals surface area contributed by atoms with E-state index in [1.165, 1.54) is 0 Å². The Morgan fingerprint density at radius 2 is 2.08 bits per heavy atom. The fraction of sp³-hybridized carbons (Fsp3) is 0.667. The molecule has 0 aromatic rings. The van der Waals surface area contributed by atoms with Gasteiger partial charge in [-0.05, 0) is 13.8 Å². The third-order valence-corrected chi connectivity index (χ3v) is 2.04. The standard InChI is InChI=1S/C9H17NOS/c1-5-6-9(2,11)7-8(12)10(3)4/h5-6,11H,7H2,1-4H3/b6-5+. The maximum Gasteiger partial charge on any atom is 0.0862 e. The number of thiocarbonyl (C=S) groups is 1. The molecule has 0 radical (unpaired) electrons. The number of hydrogen-bond acceptors (Lipinski definition) is 2. The Balaban J connectivity index is 4.15. The van der Waals surface area contributed by atoms with E-state index in [0.29, 0.717) is 6.42 Å². The van der Waals surface area contributed by atoms with Gasteiger partial charge in [-0.2, -0.15) is 0 Å². The topological polar surface area (TPSA) is 23.5 Å². The quantitative estimate of drug-likeness (QED) is 0.536. The zero-order chi connectivity index (χ0) is 9.78. The van der Waals surface area contributed by atoms with Crippen LogP contribution in [0.25, 0.3) is 0 Å². The summed E-state index contributed by atoms with van der Waals surface area (Å²) in [5, 5.41) is 9.73. The molecule has 12 heavy (non-hydrogen) atoms. The van der Waals surface area contributed by atoms with Gasteiger partial charge in [-0.25, -0.2) is 0 Å². The molecule has 0 bridgehead atoms. The van der Waals surface area contributed by atoms with Gasteiger partial charge in [0.15, 0.2) is 0 Å². The first-order valence-electron chi connectivity index (χ1n) is 3.95. The molecule has 0 aliphatic rings. The summed E-state index contributed by atoms with van der Waals surface area (Å²) in [6, 6.07) is 0. The second-order valence-electron chi connectivity index (χ2n) is 3.32. The SMILES string of the molecule is C/C=C/C(C)(O)CC(=S)N(C)C. The lowest BCUT2D eigenvalue weighted by atomic mass is 10.0. The predicted octanol–water partition coefficient (Wildman–Crippen LogP) is 1.59. The molecule has 0 fully saturated rings. The van der Waals surface area contributed by atoms with Crippen LogP contribution in [0.3, 0.4) is 0 Å². The van der Waals surface area contributed by atoms with Gasteiger partial charge in [-0.3, -0.25) is 0 Å². The fourth-order valence-electron chi connectivity index (χ4n) is 0.882. The molecule has 0 heterocycles. The smallest absolute Gasteiger partial charge is 0.0862 e. The highest BCUT2D eigenvalue weighted by Gasteiger charge is 2.18. The van der Waals surface area contributed by atoms with Crippen molar-refractivity contribution < 1.29 is 5.11 Å². The first-order valence-corrected chi connectivity index (χ1v) is 4.36. The molecule has 0 aliphatic carbocycles. The van der Waals surface area contributed by atoms with Crippen molar-refractivity contribution in [3.63, 3.8) is 0 Å². The largest absolute Gasteiger partial charge is 0.386 e. The first-order chi connectivity index (χ1) is 5.39. The van der Waals surface area contributed by atoms with Crippen molar-refractivity contribution in [2.24, 2.45) is 0 Å². The number of aliphatic hydroxyl groups is 1. The van der Waals surface area contributed by atoms with Crippen molar-refractivity contribution >= 4 is 17.2 Å². The van der Waals surface area contributed by atoms with Gasteiger partial charge in [-0.15, -0.1) is 0 Å². The number of rotatable bonds is 3. The minimum Gasteiger partial charge on any atom is -0.386 e. The van der Waals surface area contributed by atoms with Gasteiger partial charge >= 0.3 is 0 Å². The summed E-state index contributed by atoms with van der Waals surface area (Å²) >= 11 is 5.07. The number of hydrogen-bond donors (Lipinski definition) is 1. The van der Waals surface area contributed by atoms with Crippen molar-refractivity contribution in [2.75, 3.05) is 14.1 Å². The number of nitrogens with zero attached hydrogens (tertiary/aromatic N) is 1. The minimum absolute atomic E-state index is 0.500. The molecule has 0 saturated carbocycles. The average molecular weight is 187 g/mol. The molecule has 0 aromatic heterocycles. The molecular formula is C9H17NOS. The summed E-state index contributed by atoms with van der Waals surface area (Å²) in [7, 11) is 3.77. The van der Waals surface area contributed by atoms with Crippen LogP contribution in [0.5, 0.6) is 0 Å². The monoisotopic (exact) mass is 187 g/mol. The van der Waals surface area contributed by atoms with E-state index in [0.717, 1.165) is 4.99 Å². The highest BCUT2D eigenvalue weighted by Crippen LogP contribution is 2.12. The van der Waals surface area contributed by atoms with E-state index in [1.54, 1.807) is 13.0 Å². The molecule has 0 rings (SSSR count). The molecule has 0 saturated heterocycles. The molecule has 0 aliphatic heterocycles. The van der Waals surface area contributed by atoms with Crippen LogP contribution in [-0.2, 0) is 0 Å². The van der Waals surface area contributed by atoms with Crippen LogP contribution < -0.4 is 0 Å². The summed E-state index contributed by atoms with van der Waals surface area (Å²) in [5.41, 5.74) is -0.809. The fourth-order valence-corrected chi connectivity index (χ4v) is 1.17. The van der Waals surface area contributed by atoms with Gasteiger partial charge in [0.2, 0.25) is 0 Å². The highest BCUT2D eigenvalue weighted by atomic mass is 32.1. The normalized spacial score (nSPS) is 16.1. The van der Waals surface area contributed by atoms with Gasteiger partial charge in [-0.1, -0.05) is 24.4 Å².